The Balaban J connectivity index is 1.41. The average Bonchev–Trinajstić information content (AvgIpc) is 3.25. The summed E-state index contributed by atoms with van der Waals surface area (Å²) in [6.45, 7) is 0.370. The summed E-state index contributed by atoms with van der Waals surface area (Å²) in [7, 11) is 0. The number of hydrogen-bond acceptors (Lipinski definition) is 5. The maximum Gasteiger partial charge on any atom is 0.573 e. The molecule has 4 rings (SSSR count). The van der Waals surface area contributed by atoms with Crippen LogP contribution in [0.3, 0.4) is 0 Å². The van der Waals surface area contributed by atoms with Crippen LogP contribution < -0.4 is 24.8 Å². The number of alkyl halides is 3. The van der Waals surface area contributed by atoms with Crippen molar-refractivity contribution in [2.75, 3.05) is 12.1 Å². The van der Waals surface area contributed by atoms with Gasteiger partial charge in [0, 0.05) is 12.1 Å². The molecule has 1 aliphatic rings. The van der Waals surface area contributed by atoms with Crippen molar-refractivity contribution in [1.82, 2.24) is 5.32 Å². The van der Waals surface area contributed by atoms with Crippen molar-refractivity contribution in [3.8, 4) is 17.2 Å². The second kappa shape index (κ2) is 9.11. The molecule has 0 aliphatic carbocycles. The number of anilines is 1. The number of carbonyl (C=O) groups excluding carboxylic acids is 2. The summed E-state index contributed by atoms with van der Waals surface area (Å²) in [6, 6.07) is 16.2. The van der Waals surface area contributed by atoms with Gasteiger partial charge in [-0.1, -0.05) is 18.2 Å². The van der Waals surface area contributed by atoms with E-state index in [-0.39, 0.29) is 30.2 Å². The lowest BCUT2D eigenvalue weighted by Crippen LogP contribution is -2.25. The summed E-state index contributed by atoms with van der Waals surface area (Å²) in [5.74, 6) is -0.221. The van der Waals surface area contributed by atoms with E-state index in [1.54, 1.807) is 42.5 Å². The van der Waals surface area contributed by atoms with Gasteiger partial charge < -0.3 is 24.8 Å². The lowest BCUT2D eigenvalue weighted by molar-refractivity contribution is -0.274. The predicted octanol–water partition coefficient (Wildman–Crippen LogP) is 4.50. The van der Waals surface area contributed by atoms with Crippen molar-refractivity contribution in [2.24, 2.45) is 0 Å². The van der Waals surface area contributed by atoms with Crippen LogP contribution in [0.15, 0.2) is 66.7 Å². The molecule has 0 saturated heterocycles. The molecule has 1 heterocycles. The molecular weight excluding hydrogens is 441 g/mol. The average molecular weight is 458 g/mol. The van der Waals surface area contributed by atoms with Crippen molar-refractivity contribution in [1.29, 1.82) is 0 Å². The molecule has 170 valence electrons. The van der Waals surface area contributed by atoms with Gasteiger partial charge in [0.05, 0.1) is 11.3 Å². The summed E-state index contributed by atoms with van der Waals surface area (Å²) in [5.41, 5.74) is 1.38. The minimum absolute atomic E-state index is 0.0973. The largest absolute Gasteiger partial charge is 0.573 e. The first-order chi connectivity index (χ1) is 15.8. The molecule has 2 N–H and O–H groups in total. The zero-order chi connectivity index (χ0) is 23.4. The maximum absolute atomic E-state index is 12.7. The van der Waals surface area contributed by atoms with Crippen LogP contribution in [0.1, 0.15) is 26.3 Å². The van der Waals surface area contributed by atoms with Gasteiger partial charge in [-0.15, -0.1) is 13.2 Å². The van der Waals surface area contributed by atoms with Gasteiger partial charge in [0.25, 0.3) is 11.8 Å². The Kier molecular flexibility index (Phi) is 6.07. The summed E-state index contributed by atoms with van der Waals surface area (Å²) in [5, 5.41) is 5.39. The molecule has 10 heteroatoms. The van der Waals surface area contributed by atoms with E-state index in [1.807, 2.05) is 0 Å². The Morgan fingerprint density at radius 1 is 0.909 bits per heavy atom. The first-order valence-electron chi connectivity index (χ1n) is 9.71. The van der Waals surface area contributed by atoms with Crippen LogP contribution in [0.5, 0.6) is 17.2 Å². The fourth-order valence-electron chi connectivity index (χ4n) is 3.12. The van der Waals surface area contributed by atoms with Crippen molar-refractivity contribution < 1.29 is 37.0 Å². The van der Waals surface area contributed by atoms with Gasteiger partial charge in [0.15, 0.2) is 11.5 Å². The number of ether oxygens (including phenoxy) is 3. The number of hydrogen-bond donors (Lipinski definition) is 2. The number of benzene rings is 3. The Bertz CT molecular complexity index is 1180. The van der Waals surface area contributed by atoms with Crippen LogP contribution in [0.2, 0.25) is 0 Å². The Hall–Kier alpha value is -4.21. The third kappa shape index (κ3) is 5.53. The van der Waals surface area contributed by atoms with Gasteiger partial charge in [0.1, 0.15) is 5.75 Å². The Labute approximate surface area is 186 Å². The highest BCUT2D eigenvalue weighted by Crippen LogP contribution is 2.32. The van der Waals surface area contributed by atoms with Crippen molar-refractivity contribution in [2.45, 2.75) is 12.9 Å². The van der Waals surface area contributed by atoms with E-state index in [1.165, 1.54) is 12.1 Å². The third-order valence-corrected chi connectivity index (χ3v) is 4.66. The smallest absolute Gasteiger partial charge is 0.454 e. The van der Waals surface area contributed by atoms with Crippen LogP contribution in [-0.4, -0.2) is 25.0 Å². The summed E-state index contributed by atoms with van der Waals surface area (Å²) in [4.78, 5) is 25.3. The van der Waals surface area contributed by atoms with E-state index < -0.39 is 23.9 Å². The van der Waals surface area contributed by atoms with Crippen LogP contribution in [0, 0.1) is 0 Å². The highest BCUT2D eigenvalue weighted by molar-refractivity contribution is 6.09. The van der Waals surface area contributed by atoms with Crippen LogP contribution in [0.4, 0.5) is 18.9 Å². The molecule has 0 spiro atoms. The van der Waals surface area contributed by atoms with Gasteiger partial charge in [0.2, 0.25) is 6.79 Å². The predicted molar refractivity (Wildman–Crippen MR) is 111 cm³/mol. The highest BCUT2D eigenvalue weighted by atomic mass is 19.4. The molecule has 0 radical (unpaired) electrons. The number of carbonyl (C=O) groups is 2. The van der Waals surface area contributed by atoms with E-state index in [0.29, 0.717) is 11.5 Å². The van der Waals surface area contributed by atoms with Crippen molar-refractivity contribution in [3.63, 3.8) is 0 Å². The molecule has 33 heavy (non-hydrogen) atoms. The number of nitrogens with one attached hydrogen (secondary N) is 2. The summed E-state index contributed by atoms with van der Waals surface area (Å²) < 4.78 is 51.2. The van der Waals surface area contributed by atoms with E-state index in [0.717, 1.165) is 17.7 Å². The summed E-state index contributed by atoms with van der Waals surface area (Å²) in [6.07, 6.45) is -4.82. The molecule has 0 bridgehead atoms. The molecule has 0 atom stereocenters. The van der Waals surface area contributed by atoms with Gasteiger partial charge in [-0.2, -0.15) is 0 Å². The van der Waals surface area contributed by atoms with E-state index in [2.05, 4.69) is 15.4 Å². The van der Waals surface area contributed by atoms with Gasteiger partial charge in [-0.25, -0.2) is 0 Å². The minimum atomic E-state index is -4.82. The Morgan fingerprint density at radius 3 is 2.39 bits per heavy atom. The number of halogens is 3. The van der Waals surface area contributed by atoms with Crippen molar-refractivity contribution >= 4 is 17.5 Å². The fraction of sp³-hybridized carbons (Fsp3) is 0.130. The Morgan fingerprint density at radius 2 is 1.64 bits per heavy atom. The number of fused-ring (bicyclic) bond motifs is 1. The molecule has 3 aromatic rings. The fourth-order valence-corrected chi connectivity index (χ4v) is 3.12. The standard InChI is InChI=1S/C23H17F3N2O5/c24-23(25,26)33-16-8-6-15(7-9-16)21(29)28-18-4-2-1-3-17(18)22(30)27-12-14-5-10-19-20(11-14)32-13-31-19/h1-11H,12-13H2,(H,27,30)(H,28,29). The molecule has 0 aromatic heterocycles. The summed E-state index contributed by atoms with van der Waals surface area (Å²) >= 11 is 0. The normalized spacial score (nSPS) is 12.2. The monoisotopic (exact) mass is 458 g/mol. The van der Waals surface area contributed by atoms with E-state index >= 15 is 0 Å². The molecule has 0 saturated carbocycles. The molecule has 1 aliphatic heterocycles. The van der Waals surface area contributed by atoms with Gasteiger partial charge in [-0.05, 0) is 54.1 Å². The first kappa shape index (κ1) is 22.0. The van der Waals surface area contributed by atoms with Crippen LogP contribution >= 0.6 is 0 Å². The SMILES string of the molecule is O=C(Nc1ccccc1C(=O)NCc1ccc2c(c1)OCO2)c1ccc(OC(F)(F)F)cc1. The van der Waals surface area contributed by atoms with Crippen molar-refractivity contribution in [3.05, 3.63) is 83.4 Å². The molecule has 3 aromatic carbocycles. The minimum Gasteiger partial charge on any atom is -0.454 e. The molecule has 7 nitrogen and oxygen atoms in total. The second-order valence-corrected chi connectivity index (χ2v) is 6.94. The van der Waals surface area contributed by atoms with E-state index in [9.17, 15) is 22.8 Å². The zero-order valence-electron chi connectivity index (χ0n) is 16.9. The first-order valence-corrected chi connectivity index (χ1v) is 9.71. The lowest BCUT2D eigenvalue weighted by atomic mass is 10.1. The maximum atomic E-state index is 12.7. The van der Waals surface area contributed by atoms with Crippen LogP contribution in [0.25, 0.3) is 0 Å². The number of amides is 2. The highest BCUT2D eigenvalue weighted by Gasteiger charge is 2.31. The second-order valence-electron chi connectivity index (χ2n) is 6.94. The number of para-hydroxylation sites is 1. The number of rotatable bonds is 6. The molecule has 0 fully saturated rings. The molecule has 2 amide bonds. The molecular formula is C23H17F3N2O5. The van der Waals surface area contributed by atoms with Crippen LogP contribution in [-0.2, 0) is 6.54 Å². The lowest BCUT2D eigenvalue weighted by Gasteiger charge is -2.12. The quantitative estimate of drug-likeness (QED) is 0.568. The third-order valence-electron chi connectivity index (χ3n) is 4.66. The molecule has 0 unspecified atom stereocenters. The van der Waals surface area contributed by atoms with Gasteiger partial charge in [-0.3, -0.25) is 9.59 Å². The zero-order valence-corrected chi connectivity index (χ0v) is 16.9. The topological polar surface area (TPSA) is 85.9 Å². The van der Waals surface area contributed by atoms with E-state index in [4.69, 9.17) is 9.47 Å². The van der Waals surface area contributed by atoms with Gasteiger partial charge >= 0.3 is 6.36 Å².